The molecule has 0 unspecified atom stereocenters. The van der Waals surface area contributed by atoms with E-state index < -0.39 is 0 Å². The van der Waals surface area contributed by atoms with Crippen LogP contribution < -0.4 is 0 Å². The van der Waals surface area contributed by atoms with Gasteiger partial charge in [0.2, 0.25) is 0 Å². The number of aliphatic hydroxyl groups excluding tert-OH is 1. The Kier molecular flexibility index (Phi) is 1.88. The van der Waals surface area contributed by atoms with Gasteiger partial charge in [-0.25, -0.2) is 0 Å². The molecule has 1 fully saturated rings. The molecule has 0 aromatic heterocycles. The van der Waals surface area contributed by atoms with Crippen molar-refractivity contribution < 1.29 is 5.11 Å². The van der Waals surface area contributed by atoms with Gasteiger partial charge in [-0.05, 0) is 55.9 Å². The molecule has 1 N–H and O–H groups in total. The van der Waals surface area contributed by atoms with E-state index in [0.717, 1.165) is 5.57 Å². The Morgan fingerprint density at radius 3 is 2.38 bits per heavy atom. The second kappa shape index (κ2) is 2.98. The zero-order valence-electron chi connectivity index (χ0n) is 10.2. The van der Waals surface area contributed by atoms with Crippen molar-refractivity contribution >= 4 is 0 Å². The van der Waals surface area contributed by atoms with Gasteiger partial charge in [0, 0.05) is 5.41 Å². The van der Waals surface area contributed by atoms with E-state index >= 15 is 0 Å². The molecule has 1 spiro atoms. The van der Waals surface area contributed by atoms with Crippen molar-refractivity contribution in [3.05, 3.63) is 45.6 Å². The minimum Gasteiger partial charge on any atom is -0.392 e. The summed E-state index contributed by atoms with van der Waals surface area (Å²) in [5.41, 5.74) is 8.39. The molecule has 1 heteroatoms. The number of fused-ring (bicyclic) bond motifs is 1. The molecular weight excluding hydrogens is 196 g/mol. The lowest BCUT2D eigenvalue weighted by Gasteiger charge is -2.26. The molecule has 0 aromatic rings. The van der Waals surface area contributed by atoms with Gasteiger partial charge in [0.1, 0.15) is 0 Å². The monoisotopic (exact) mass is 214 g/mol. The van der Waals surface area contributed by atoms with Crippen molar-refractivity contribution in [1.82, 2.24) is 0 Å². The highest BCUT2D eigenvalue weighted by atomic mass is 16.3. The van der Waals surface area contributed by atoms with Crippen LogP contribution in [0.25, 0.3) is 0 Å². The minimum atomic E-state index is 0.158. The van der Waals surface area contributed by atoms with Crippen molar-refractivity contribution in [2.75, 3.05) is 6.61 Å². The summed E-state index contributed by atoms with van der Waals surface area (Å²) >= 11 is 0. The number of rotatable bonds is 1. The van der Waals surface area contributed by atoms with Crippen molar-refractivity contribution in [2.24, 2.45) is 5.41 Å². The van der Waals surface area contributed by atoms with E-state index in [-0.39, 0.29) is 6.61 Å². The van der Waals surface area contributed by atoms with Crippen LogP contribution in [0.4, 0.5) is 0 Å². The molecule has 3 aliphatic carbocycles. The first kappa shape index (κ1) is 10.1. The van der Waals surface area contributed by atoms with Crippen LogP contribution in [-0.2, 0) is 0 Å². The molecule has 0 atom stereocenters. The van der Waals surface area contributed by atoms with Gasteiger partial charge in [-0.15, -0.1) is 0 Å². The fourth-order valence-corrected chi connectivity index (χ4v) is 3.24. The third-order valence-electron chi connectivity index (χ3n) is 4.60. The molecule has 3 rings (SSSR count). The Morgan fingerprint density at radius 2 is 1.81 bits per heavy atom. The van der Waals surface area contributed by atoms with Gasteiger partial charge in [-0.1, -0.05) is 23.3 Å². The van der Waals surface area contributed by atoms with Crippen LogP contribution in [0.3, 0.4) is 0 Å². The summed E-state index contributed by atoms with van der Waals surface area (Å²) in [7, 11) is 0. The maximum atomic E-state index is 9.44. The summed E-state index contributed by atoms with van der Waals surface area (Å²) < 4.78 is 0. The maximum Gasteiger partial charge on any atom is 0.0690 e. The summed E-state index contributed by atoms with van der Waals surface area (Å²) in [6.07, 6.45) is 7.16. The van der Waals surface area contributed by atoms with E-state index in [0.29, 0.717) is 5.41 Å². The van der Waals surface area contributed by atoms with Gasteiger partial charge in [0.15, 0.2) is 0 Å². The first-order valence-corrected chi connectivity index (χ1v) is 6.03. The van der Waals surface area contributed by atoms with Crippen molar-refractivity contribution in [3.63, 3.8) is 0 Å². The standard InChI is InChI=1S/C15H18O/c1-9-6-12-11(3)15(4-5-15)10(2)7-13(12)14(9)8-16/h6-7,16H,4-5,8H2,1-3H3. The van der Waals surface area contributed by atoms with E-state index in [2.05, 4.69) is 32.9 Å². The van der Waals surface area contributed by atoms with Gasteiger partial charge in [-0.2, -0.15) is 0 Å². The smallest absolute Gasteiger partial charge is 0.0690 e. The SMILES string of the molecule is CC1=CC2=C(C)C3(CC3)C(C)=CC2=C1CO. The summed E-state index contributed by atoms with van der Waals surface area (Å²) in [4.78, 5) is 0. The summed E-state index contributed by atoms with van der Waals surface area (Å²) in [6.45, 7) is 6.76. The Bertz CT molecular complexity index is 494. The third-order valence-corrected chi connectivity index (χ3v) is 4.60. The molecule has 1 saturated carbocycles. The largest absolute Gasteiger partial charge is 0.392 e. The van der Waals surface area contributed by atoms with E-state index in [1.807, 2.05) is 0 Å². The average Bonchev–Trinajstić information content (AvgIpc) is 2.98. The average molecular weight is 214 g/mol. The fraction of sp³-hybridized carbons (Fsp3) is 0.467. The van der Waals surface area contributed by atoms with Crippen LogP contribution in [0, 0.1) is 5.41 Å². The van der Waals surface area contributed by atoms with Gasteiger partial charge in [-0.3, -0.25) is 0 Å². The fourth-order valence-electron chi connectivity index (χ4n) is 3.24. The molecule has 0 aliphatic heterocycles. The van der Waals surface area contributed by atoms with Crippen molar-refractivity contribution in [1.29, 1.82) is 0 Å². The predicted octanol–water partition coefficient (Wildman–Crippen LogP) is 3.29. The zero-order chi connectivity index (χ0) is 11.5. The van der Waals surface area contributed by atoms with Crippen LogP contribution >= 0.6 is 0 Å². The molecule has 84 valence electrons. The number of allylic oxidation sites excluding steroid dienone is 6. The predicted molar refractivity (Wildman–Crippen MR) is 66.0 cm³/mol. The molecule has 0 amide bonds. The molecule has 3 aliphatic rings. The van der Waals surface area contributed by atoms with E-state index in [9.17, 15) is 5.11 Å². The molecule has 16 heavy (non-hydrogen) atoms. The molecule has 0 radical (unpaired) electrons. The zero-order valence-corrected chi connectivity index (χ0v) is 10.2. The van der Waals surface area contributed by atoms with Crippen LogP contribution in [0.5, 0.6) is 0 Å². The molecule has 0 aromatic carbocycles. The van der Waals surface area contributed by atoms with Gasteiger partial charge < -0.3 is 5.11 Å². The lowest BCUT2D eigenvalue weighted by molar-refractivity contribution is 0.333. The highest BCUT2D eigenvalue weighted by molar-refractivity contribution is 5.68. The van der Waals surface area contributed by atoms with E-state index in [1.165, 1.54) is 40.7 Å². The number of hydrogen-bond donors (Lipinski definition) is 1. The van der Waals surface area contributed by atoms with Crippen LogP contribution in [-0.4, -0.2) is 11.7 Å². The third kappa shape index (κ3) is 1.04. The van der Waals surface area contributed by atoms with Gasteiger partial charge in [0.25, 0.3) is 0 Å². The lowest BCUT2D eigenvalue weighted by Crippen LogP contribution is -2.12. The van der Waals surface area contributed by atoms with Crippen LogP contribution in [0.2, 0.25) is 0 Å². The van der Waals surface area contributed by atoms with Crippen molar-refractivity contribution in [2.45, 2.75) is 33.6 Å². The second-order valence-corrected chi connectivity index (χ2v) is 5.33. The minimum absolute atomic E-state index is 0.158. The Hall–Kier alpha value is -1.08. The first-order chi connectivity index (χ1) is 7.60. The van der Waals surface area contributed by atoms with E-state index in [1.54, 1.807) is 0 Å². The summed E-state index contributed by atoms with van der Waals surface area (Å²) in [5, 5.41) is 9.44. The topological polar surface area (TPSA) is 20.2 Å². The first-order valence-electron chi connectivity index (χ1n) is 6.03. The molecule has 1 nitrogen and oxygen atoms in total. The van der Waals surface area contributed by atoms with E-state index in [4.69, 9.17) is 0 Å². The highest BCUT2D eigenvalue weighted by Crippen LogP contribution is 2.61. The molecular formula is C15H18O. The summed E-state index contributed by atoms with van der Waals surface area (Å²) in [6, 6.07) is 0. The van der Waals surface area contributed by atoms with Crippen LogP contribution in [0.1, 0.15) is 33.6 Å². The van der Waals surface area contributed by atoms with Gasteiger partial charge in [0.05, 0.1) is 6.61 Å². The Balaban J connectivity index is 2.23. The second-order valence-electron chi connectivity index (χ2n) is 5.33. The normalized spacial score (nSPS) is 26.0. The quantitative estimate of drug-likeness (QED) is 0.710. The maximum absolute atomic E-state index is 9.44. The molecule has 0 heterocycles. The lowest BCUT2D eigenvalue weighted by atomic mass is 9.79. The Labute approximate surface area is 96.9 Å². The van der Waals surface area contributed by atoms with Crippen LogP contribution in [0.15, 0.2) is 45.6 Å². The molecule has 0 saturated heterocycles. The van der Waals surface area contributed by atoms with Gasteiger partial charge >= 0.3 is 0 Å². The molecule has 0 bridgehead atoms. The Morgan fingerprint density at radius 1 is 1.12 bits per heavy atom. The number of aliphatic hydroxyl groups is 1. The summed E-state index contributed by atoms with van der Waals surface area (Å²) in [5.74, 6) is 0. The number of hydrogen-bond acceptors (Lipinski definition) is 1. The van der Waals surface area contributed by atoms with Crippen molar-refractivity contribution in [3.8, 4) is 0 Å². The highest BCUT2D eigenvalue weighted by Gasteiger charge is 2.49.